The number of hydrogen-bond acceptors (Lipinski definition) is 3. The Labute approximate surface area is 75.7 Å². The minimum Gasteiger partial charge on any atom is -0.464 e. The summed E-state index contributed by atoms with van der Waals surface area (Å²) in [6.45, 7) is 0.0668. The molecule has 0 aliphatic carbocycles. The van der Waals surface area contributed by atoms with Crippen molar-refractivity contribution >= 4 is 5.91 Å². The number of carbonyl (C=O) groups excluding carboxylic acids is 1. The summed E-state index contributed by atoms with van der Waals surface area (Å²) in [6, 6.07) is 3.13. The summed E-state index contributed by atoms with van der Waals surface area (Å²) in [6.07, 6.45) is 6.48. The molecule has 13 heavy (non-hydrogen) atoms. The second-order valence-corrected chi connectivity index (χ2v) is 2.21. The van der Waals surface area contributed by atoms with Crippen LogP contribution in [-0.4, -0.2) is 17.5 Å². The Hall–Kier alpha value is -2.02. The Morgan fingerprint density at radius 1 is 1.77 bits per heavy atom. The van der Waals surface area contributed by atoms with Crippen LogP contribution >= 0.6 is 0 Å². The van der Waals surface area contributed by atoms with Crippen LogP contribution in [-0.2, 0) is 0 Å². The lowest BCUT2D eigenvalue weighted by Gasteiger charge is -2.03. The molecule has 1 amide bonds. The summed E-state index contributed by atoms with van der Waals surface area (Å²) >= 11 is 0. The van der Waals surface area contributed by atoms with Gasteiger partial charge in [0.05, 0.1) is 0 Å². The molecule has 0 saturated carbocycles. The van der Waals surface area contributed by atoms with Gasteiger partial charge in [-0.3, -0.25) is 4.79 Å². The molecule has 0 aliphatic rings. The molecule has 0 fully saturated rings. The molecule has 4 heteroatoms. The Bertz CT molecular complexity index is 355. The molecule has 0 bridgehead atoms. The number of primary amides is 1. The van der Waals surface area contributed by atoms with E-state index in [1.807, 2.05) is 0 Å². The van der Waals surface area contributed by atoms with E-state index in [2.05, 4.69) is 10.9 Å². The predicted octanol–water partition coefficient (Wildman–Crippen LogP) is 0.193. The first-order chi connectivity index (χ1) is 6.25. The van der Waals surface area contributed by atoms with Crippen LogP contribution in [0.25, 0.3) is 0 Å². The van der Waals surface area contributed by atoms with Gasteiger partial charge in [-0.2, -0.15) is 0 Å². The molecule has 0 radical (unpaired) electrons. The van der Waals surface area contributed by atoms with Crippen molar-refractivity contribution < 1.29 is 9.53 Å². The van der Waals surface area contributed by atoms with E-state index in [0.29, 0.717) is 0 Å². The predicted molar refractivity (Wildman–Crippen MR) is 47.1 cm³/mol. The molecule has 1 heterocycles. The fourth-order valence-electron chi connectivity index (χ4n) is 0.803. The van der Waals surface area contributed by atoms with E-state index in [-0.39, 0.29) is 18.1 Å². The number of carbonyl (C=O) groups is 1. The van der Waals surface area contributed by atoms with Crippen molar-refractivity contribution in [3.63, 3.8) is 0 Å². The summed E-state index contributed by atoms with van der Waals surface area (Å²) in [4.78, 5) is 14.7. The van der Waals surface area contributed by atoms with E-state index in [1.54, 1.807) is 6.07 Å². The summed E-state index contributed by atoms with van der Waals surface area (Å²) in [5, 5.41) is 0. The van der Waals surface area contributed by atoms with Gasteiger partial charge < -0.3 is 10.5 Å². The molecule has 0 spiro atoms. The number of pyridine rings is 1. The van der Waals surface area contributed by atoms with Gasteiger partial charge in [0.2, 0.25) is 5.88 Å². The molecule has 1 rings (SSSR count). The fraction of sp³-hybridized carbons (Fsp3) is 0.111. The van der Waals surface area contributed by atoms with Gasteiger partial charge >= 0.3 is 0 Å². The molecule has 1 aromatic rings. The van der Waals surface area contributed by atoms with E-state index in [4.69, 9.17) is 16.9 Å². The Morgan fingerprint density at radius 3 is 3.15 bits per heavy atom. The first-order valence-corrected chi connectivity index (χ1v) is 3.56. The van der Waals surface area contributed by atoms with E-state index >= 15 is 0 Å². The van der Waals surface area contributed by atoms with Crippen molar-refractivity contribution in [2.75, 3.05) is 6.61 Å². The molecule has 0 aliphatic heterocycles. The van der Waals surface area contributed by atoms with Gasteiger partial charge in [-0.05, 0) is 12.1 Å². The lowest BCUT2D eigenvalue weighted by Crippen LogP contribution is -2.13. The smallest absolute Gasteiger partial charge is 0.254 e. The molecule has 66 valence electrons. The minimum absolute atomic E-state index is 0.0668. The molecular weight excluding hydrogens is 168 g/mol. The Balaban J connectivity index is 2.92. The maximum absolute atomic E-state index is 10.8. The average Bonchev–Trinajstić information content (AvgIpc) is 2.15. The topological polar surface area (TPSA) is 65.2 Å². The molecule has 4 nitrogen and oxygen atoms in total. The zero-order valence-corrected chi connectivity index (χ0v) is 6.86. The molecule has 0 unspecified atom stereocenters. The Morgan fingerprint density at radius 2 is 2.54 bits per heavy atom. The lowest BCUT2D eigenvalue weighted by atomic mass is 10.2. The van der Waals surface area contributed by atoms with Gasteiger partial charge in [-0.1, -0.05) is 5.92 Å². The minimum atomic E-state index is -0.583. The maximum atomic E-state index is 10.8. The normalized spacial score (nSPS) is 8.85. The van der Waals surface area contributed by atoms with Gasteiger partial charge in [0.25, 0.3) is 5.91 Å². The summed E-state index contributed by atoms with van der Waals surface area (Å²) < 4.78 is 5.00. The van der Waals surface area contributed by atoms with Crippen molar-refractivity contribution in [1.29, 1.82) is 0 Å². The van der Waals surface area contributed by atoms with Gasteiger partial charge in [0, 0.05) is 6.20 Å². The second-order valence-electron chi connectivity index (χ2n) is 2.21. The van der Waals surface area contributed by atoms with E-state index < -0.39 is 5.91 Å². The molecule has 2 N–H and O–H groups in total. The zero-order chi connectivity index (χ0) is 9.68. The van der Waals surface area contributed by atoms with E-state index in [1.165, 1.54) is 12.3 Å². The van der Waals surface area contributed by atoms with Gasteiger partial charge in [0.1, 0.15) is 5.56 Å². The maximum Gasteiger partial charge on any atom is 0.254 e. The highest BCUT2D eigenvalue weighted by molar-refractivity contribution is 5.94. The first kappa shape index (κ1) is 9.07. The van der Waals surface area contributed by atoms with Crippen molar-refractivity contribution in [3.05, 3.63) is 23.9 Å². The van der Waals surface area contributed by atoms with E-state index in [9.17, 15) is 4.79 Å². The fourth-order valence-corrected chi connectivity index (χ4v) is 0.803. The molecule has 0 aromatic carbocycles. The van der Waals surface area contributed by atoms with Gasteiger partial charge in [-0.15, -0.1) is 6.42 Å². The van der Waals surface area contributed by atoms with Crippen LogP contribution in [0.1, 0.15) is 10.4 Å². The average molecular weight is 176 g/mol. The van der Waals surface area contributed by atoms with Crippen LogP contribution in [0.4, 0.5) is 0 Å². The van der Waals surface area contributed by atoms with Crippen molar-refractivity contribution in [2.24, 2.45) is 5.73 Å². The number of amides is 1. The highest BCUT2D eigenvalue weighted by Gasteiger charge is 2.08. The number of nitrogens with two attached hydrogens (primary N) is 1. The van der Waals surface area contributed by atoms with Crippen LogP contribution < -0.4 is 10.5 Å². The second kappa shape index (κ2) is 4.12. The third kappa shape index (κ3) is 2.20. The third-order valence-corrected chi connectivity index (χ3v) is 1.33. The van der Waals surface area contributed by atoms with Gasteiger partial charge in [-0.25, -0.2) is 4.98 Å². The number of nitrogens with zero attached hydrogens (tertiary/aromatic N) is 1. The summed E-state index contributed by atoms with van der Waals surface area (Å²) in [5.41, 5.74) is 5.31. The van der Waals surface area contributed by atoms with Crippen molar-refractivity contribution in [1.82, 2.24) is 4.98 Å². The van der Waals surface area contributed by atoms with Gasteiger partial charge in [0.15, 0.2) is 6.61 Å². The van der Waals surface area contributed by atoms with Crippen molar-refractivity contribution in [2.45, 2.75) is 0 Å². The van der Waals surface area contributed by atoms with E-state index in [0.717, 1.165) is 0 Å². The highest BCUT2D eigenvalue weighted by atomic mass is 16.5. The van der Waals surface area contributed by atoms with Crippen LogP contribution in [0, 0.1) is 12.3 Å². The molecular formula is C9H8N2O2. The molecule has 1 aromatic heterocycles. The summed E-state index contributed by atoms with van der Waals surface area (Å²) in [7, 11) is 0. The Kier molecular flexibility index (Phi) is 2.87. The summed E-state index contributed by atoms with van der Waals surface area (Å²) in [5.74, 6) is 1.86. The SMILES string of the molecule is C#CCOc1ncccc1C(N)=O. The van der Waals surface area contributed by atoms with Crippen LogP contribution in [0.2, 0.25) is 0 Å². The number of aromatic nitrogens is 1. The van der Waals surface area contributed by atoms with Crippen LogP contribution in [0.3, 0.4) is 0 Å². The molecule has 0 saturated heterocycles. The number of hydrogen-bond donors (Lipinski definition) is 1. The number of terminal acetylenes is 1. The molecule has 0 atom stereocenters. The monoisotopic (exact) mass is 176 g/mol. The lowest BCUT2D eigenvalue weighted by molar-refractivity contribution is 0.0996. The largest absolute Gasteiger partial charge is 0.464 e. The quantitative estimate of drug-likeness (QED) is 0.668. The zero-order valence-electron chi connectivity index (χ0n) is 6.86. The van der Waals surface area contributed by atoms with Crippen molar-refractivity contribution in [3.8, 4) is 18.2 Å². The van der Waals surface area contributed by atoms with Crippen LogP contribution in [0.15, 0.2) is 18.3 Å². The first-order valence-electron chi connectivity index (χ1n) is 3.56. The van der Waals surface area contributed by atoms with Crippen LogP contribution in [0.5, 0.6) is 5.88 Å². The highest BCUT2D eigenvalue weighted by Crippen LogP contribution is 2.12. The number of ether oxygens (including phenoxy) is 1. The third-order valence-electron chi connectivity index (χ3n) is 1.33. The standard InChI is InChI=1S/C9H8N2O2/c1-2-6-13-9-7(8(10)12)4-3-5-11-9/h1,3-5H,6H2,(H2,10,12). The number of rotatable bonds is 3.